The molecule has 0 aliphatic carbocycles. The molecule has 0 saturated carbocycles. The van der Waals surface area contributed by atoms with Crippen molar-refractivity contribution < 1.29 is 34.5 Å². The third kappa shape index (κ3) is 7.86. The number of nitrogens with two attached hydrogens (primary N) is 1. The number of carbonyl (C=O) groups excluding carboxylic acids is 3. The first-order chi connectivity index (χ1) is 16.1. The van der Waals surface area contributed by atoms with E-state index in [-0.39, 0.29) is 18.6 Å². The summed E-state index contributed by atoms with van der Waals surface area (Å²) in [5.74, 6) is -3.50. The van der Waals surface area contributed by atoms with Crippen molar-refractivity contribution in [2.45, 2.75) is 43.9 Å². The molecule has 1 aromatic heterocycles. The average Bonchev–Trinajstić information content (AvgIpc) is 3.31. The van der Waals surface area contributed by atoms with Crippen molar-refractivity contribution >= 4 is 23.7 Å². The number of hydrogen-bond acceptors (Lipinski definition) is 8. The summed E-state index contributed by atoms with van der Waals surface area (Å²) in [4.78, 5) is 55.6. The largest absolute Gasteiger partial charge is 0.508 e. The Bertz CT molecular complexity index is 980. The fraction of sp³-hybridized carbons (Fsp3) is 0.381. The third-order valence-corrected chi connectivity index (χ3v) is 4.89. The van der Waals surface area contributed by atoms with Crippen molar-refractivity contribution in [3.05, 3.63) is 48.0 Å². The van der Waals surface area contributed by atoms with Gasteiger partial charge >= 0.3 is 5.97 Å². The zero-order valence-corrected chi connectivity index (χ0v) is 18.4. The molecule has 9 N–H and O–H groups in total. The van der Waals surface area contributed by atoms with Crippen LogP contribution < -0.4 is 21.7 Å². The molecule has 184 valence electrons. The number of aromatic amines is 1. The molecule has 2 aromatic rings. The van der Waals surface area contributed by atoms with E-state index in [1.165, 1.54) is 31.6 Å². The van der Waals surface area contributed by atoms with Crippen molar-refractivity contribution in [2.24, 2.45) is 5.73 Å². The van der Waals surface area contributed by atoms with E-state index in [1.807, 2.05) is 0 Å². The van der Waals surface area contributed by atoms with Gasteiger partial charge in [-0.1, -0.05) is 12.1 Å². The zero-order chi connectivity index (χ0) is 25.3. The smallest absolute Gasteiger partial charge is 0.326 e. The Morgan fingerprint density at radius 2 is 1.65 bits per heavy atom. The van der Waals surface area contributed by atoms with E-state index in [0.29, 0.717) is 11.3 Å². The van der Waals surface area contributed by atoms with E-state index in [9.17, 15) is 29.4 Å². The van der Waals surface area contributed by atoms with Crippen LogP contribution in [-0.2, 0) is 32.0 Å². The number of amides is 3. The summed E-state index contributed by atoms with van der Waals surface area (Å²) in [6, 6.07) is 1.11. The summed E-state index contributed by atoms with van der Waals surface area (Å²) < 4.78 is 0. The fourth-order valence-electron chi connectivity index (χ4n) is 2.93. The van der Waals surface area contributed by atoms with Crippen LogP contribution in [0.15, 0.2) is 36.8 Å². The topological polar surface area (TPSA) is 220 Å². The molecule has 1 aromatic carbocycles. The van der Waals surface area contributed by atoms with Crippen LogP contribution in [0, 0.1) is 0 Å². The minimum Gasteiger partial charge on any atom is -0.508 e. The molecule has 0 aliphatic heterocycles. The van der Waals surface area contributed by atoms with Crippen LogP contribution in [0.5, 0.6) is 5.75 Å². The van der Waals surface area contributed by atoms with Gasteiger partial charge < -0.3 is 42.0 Å². The molecule has 0 spiro atoms. The highest BCUT2D eigenvalue weighted by Crippen LogP contribution is 2.12. The van der Waals surface area contributed by atoms with Crippen molar-refractivity contribution in [3.63, 3.8) is 0 Å². The van der Waals surface area contributed by atoms with Gasteiger partial charge in [0.15, 0.2) is 0 Å². The summed E-state index contributed by atoms with van der Waals surface area (Å²) in [5.41, 5.74) is 6.61. The Hall–Kier alpha value is -3.97. The molecule has 1 heterocycles. The fourth-order valence-corrected chi connectivity index (χ4v) is 2.93. The number of benzene rings is 1. The minimum atomic E-state index is -1.27. The minimum absolute atomic E-state index is 0.00190. The van der Waals surface area contributed by atoms with Gasteiger partial charge in [0.05, 0.1) is 12.9 Å². The maximum atomic E-state index is 12.9. The van der Waals surface area contributed by atoms with Gasteiger partial charge in [-0.15, -0.1) is 0 Å². The van der Waals surface area contributed by atoms with E-state index in [2.05, 4.69) is 25.9 Å². The van der Waals surface area contributed by atoms with E-state index in [4.69, 9.17) is 10.8 Å². The summed E-state index contributed by atoms with van der Waals surface area (Å²) in [6.07, 6.45) is 2.77. The molecule has 3 amide bonds. The van der Waals surface area contributed by atoms with Crippen LogP contribution in [0.25, 0.3) is 0 Å². The molecule has 13 heteroatoms. The lowest BCUT2D eigenvalue weighted by molar-refractivity contribution is -0.142. The first-order valence-corrected chi connectivity index (χ1v) is 10.4. The van der Waals surface area contributed by atoms with Gasteiger partial charge in [0, 0.05) is 24.7 Å². The highest BCUT2D eigenvalue weighted by Gasteiger charge is 2.28. The number of aromatic nitrogens is 2. The third-order valence-electron chi connectivity index (χ3n) is 4.89. The van der Waals surface area contributed by atoms with Gasteiger partial charge in [0.1, 0.15) is 29.9 Å². The first kappa shape index (κ1) is 26.3. The van der Waals surface area contributed by atoms with Crippen molar-refractivity contribution in [1.29, 1.82) is 0 Å². The number of phenols is 1. The van der Waals surface area contributed by atoms with E-state index in [0.717, 1.165) is 0 Å². The molecule has 4 unspecified atom stereocenters. The number of imidazole rings is 1. The predicted octanol–water partition coefficient (Wildman–Crippen LogP) is -2.22. The van der Waals surface area contributed by atoms with Gasteiger partial charge in [-0.05, 0) is 24.6 Å². The number of carbonyl (C=O) groups is 4. The van der Waals surface area contributed by atoms with Crippen molar-refractivity contribution in [1.82, 2.24) is 25.9 Å². The second kappa shape index (κ2) is 12.3. The van der Waals surface area contributed by atoms with Gasteiger partial charge in [-0.25, -0.2) is 9.78 Å². The van der Waals surface area contributed by atoms with Gasteiger partial charge in [-0.3, -0.25) is 14.4 Å². The van der Waals surface area contributed by atoms with Crippen LogP contribution in [0.2, 0.25) is 0 Å². The molecular formula is C21H28N6O7. The number of hydrogen-bond donors (Lipinski definition) is 8. The van der Waals surface area contributed by atoms with Crippen LogP contribution >= 0.6 is 0 Å². The van der Waals surface area contributed by atoms with E-state index in [1.54, 1.807) is 12.1 Å². The van der Waals surface area contributed by atoms with Gasteiger partial charge in [0.25, 0.3) is 0 Å². The summed E-state index contributed by atoms with van der Waals surface area (Å²) in [6.45, 7) is 0.729. The molecule has 2 rings (SSSR count). The monoisotopic (exact) mass is 476 g/mol. The molecular weight excluding hydrogens is 448 g/mol. The Kier molecular flexibility index (Phi) is 9.52. The maximum Gasteiger partial charge on any atom is 0.326 e. The van der Waals surface area contributed by atoms with Crippen LogP contribution in [-0.4, -0.2) is 79.8 Å². The van der Waals surface area contributed by atoms with Gasteiger partial charge in [0.2, 0.25) is 17.7 Å². The Labute approximate surface area is 194 Å². The lowest BCUT2D eigenvalue weighted by atomic mass is 10.0. The highest BCUT2D eigenvalue weighted by molar-refractivity contribution is 5.94. The second-order valence-corrected chi connectivity index (χ2v) is 7.63. The number of nitrogens with zero attached hydrogens (tertiary/aromatic N) is 1. The predicted molar refractivity (Wildman–Crippen MR) is 118 cm³/mol. The SMILES string of the molecule is CC(NC(=O)C(Cc1ccc(O)cc1)NC(=O)C(N)CO)C(=O)NC(Cc1cnc[nH]1)C(=O)O. The number of nitrogens with one attached hydrogen (secondary N) is 4. The maximum absolute atomic E-state index is 12.9. The van der Waals surface area contributed by atoms with Crippen LogP contribution in [0.1, 0.15) is 18.2 Å². The summed E-state index contributed by atoms with van der Waals surface area (Å²) >= 11 is 0. The molecule has 4 atom stereocenters. The number of rotatable bonds is 12. The number of H-pyrrole nitrogens is 1. The normalized spacial score (nSPS) is 14.3. The van der Waals surface area contributed by atoms with Crippen molar-refractivity contribution in [3.8, 4) is 5.75 Å². The molecule has 0 bridgehead atoms. The molecule has 0 fully saturated rings. The number of aromatic hydroxyl groups is 1. The van der Waals surface area contributed by atoms with Crippen LogP contribution in [0.3, 0.4) is 0 Å². The molecule has 0 saturated heterocycles. The summed E-state index contributed by atoms with van der Waals surface area (Å²) in [7, 11) is 0. The number of aliphatic carboxylic acids is 1. The molecule has 13 nitrogen and oxygen atoms in total. The molecule has 0 radical (unpaired) electrons. The number of aliphatic hydroxyl groups is 1. The van der Waals surface area contributed by atoms with Crippen molar-refractivity contribution in [2.75, 3.05) is 6.61 Å². The Morgan fingerprint density at radius 1 is 1.00 bits per heavy atom. The van der Waals surface area contributed by atoms with E-state index >= 15 is 0 Å². The molecule has 34 heavy (non-hydrogen) atoms. The van der Waals surface area contributed by atoms with E-state index < -0.39 is 54.5 Å². The first-order valence-electron chi connectivity index (χ1n) is 10.4. The number of phenolic OH excluding ortho intramolecular Hbond substituents is 1. The second-order valence-electron chi connectivity index (χ2n) is 7.63. The quantitative estimate of drug-likeness (QED) is 0.166. The lowest BCUT2D eigenvalue weighted by Gasteiger charge is -2.23. The van der Waals surface area contributed by atoms with Crippen LogP contribution in [0.4, 0.5) is 0 Å². The zero-order valence-electron chi connectivity index (χ0n) is 18.4. The Balaban J connectivity index is 2.06. The molecule has 0 aliphatic rings. The number of carboxylic acids is 1. The summed E-state index contributed by atoms with van der Waals surface area (Å²) in [5, 5.41) is 35.2. The standard InChI is InChI=1S/C21H28N6O7/c1-11(18(30)27-17(21(33)34)7-13-8-23-10-24-13)25-20(32)16(26-19(31)15(22)9-28)6-12-2-4-14(29)5-3-12/h2-5,8,10-11,15-17,28-29H,6-7,9,22H2,1H3,(H,23,24)(H,25,32)(H,26,31)(H,27,30)(H,33,34). The highest BCUT2D eigenvalue weighted by atomic mass is 16.4. The Morgan fingerprint density at radius 3 is 2.21 bits per heavy atom. The number of aliphatic hydroxyl groups excluding tert-OH is 1. The van der Waals surface area contributed by atoms with Gasteiger partial charge in [-0.2, -0.15) is 0 Å². The lowest BCUT2D eigenvalue weighted by Crippen LogP contribution is -2.57. The average molecular weight is 476 g/mol. The number of carboxylic acid groups (broad SMARTS) is 1.